The van der Waals surface area contributed by atoms with E-state index < -0.39 is 84.9 Å². The van der Waals surface area contributed by atoms with E-state index in [1.807, 2.05) is 6.92 Å². The van der Waals surface area contributed by atoms with Crippen molar-refractivity contribution in [1.82, 2.24) is 0 Å². The third-order valence-corrected chi connectivity index (χ3v) is 25.4. The van der Waals surface area contributed by atoms with Crippen molar-refractivity contribution in [3.05, 3.63) is 0 Å². The maximum Gasteiger partial charge on any atom is 0.403 e. The molecule has 1 spiro atoms. The van der Waals surface area contributed by atoms with Crippen LogP contribution in [0, 0.1) is 113 Å². The third-order valence-electron chi connectivity index (χ3n) is 25.4. The molecule has 8 fully saturated rings. The number of rotatable bonds is 3. The molecule has 0 amide bonds. The smallest absolute Gasteiger partial charge is 0.171 e. The van der Waals surface area contributed by atoms with Gasteiger partial charge in [-0.2, -0.15) is 79.0 Å². The second-order valence-electron chi connectivity index (χ2n) is 40.4. The SMILES string of the molecule is CC(C)(C)C.CC(C)C(C)(C)C.CC1CCC(C(F)(F)F)(C(F)(F)F)CC1.CC1CCC2(CC1)CCC(C(F)(F)F)(C(F)(F)F)CC2.CC1CCCC(C(F)(F)F)[C@@H]1C.CCC(C)(C)C.CCC(CC)C(C)(C)C.CCCC(C)(C)C.C[C@@H]1CCCCC1(C)C(F)(F)F.C[C@H]1CC2CCC1(C)CC2. The first-order valence-corrected chi connectivity index (χ1v) is 40.1. The topological polar surface area (TPSA) is 0 Å². The van der Waals surface area contributed by atoms with Crippen molar-refractivity contribution in [1.29, 1.82) is 0 Å². The molecule has 0 heterocycles. The Morgan fingerprint density at radius 2 is 0.738 bits per heavy atom. The zero-order valence-electron chi connectivity index (χ0n) is 71.1. The van der Waals surface area contributed by atoms with Crippen LogP contribution in [0.2, 0.25) is 0 Å². The van der Waals surface area contributed by atoms with Crippen molar-refractivity contribution in [2.75, 3.05) is 0 Å². The van der Waals surface area contributed by atoms with Gasteiger partial charge in [0, 0.05) is 0 Å². The van der Waals surface area contributed by atoms with Gasteiger partial charge in [-0.1, -0.05) is 272 Å². The first-order chi connectivity index (χ1) is 45.7. The second-order valence-corrected chi connectivity index (χ2v) is 40.4. The highest BCUT2D eigenvalue weighted by molar-refractivity contribution is 5.02. The predicted octanol–water partition coefficient (Wildman–Crippen LogP) is 34.3. The maximum atomic E-state index is 13.0. The lowest BCUT2D eigenvalue weighted by Crippen LogP contribution is -2.53. The molecule has 6 atom stereocenters. The first-order valence-electron chi connectivity index (χ1n) is 40.1. The molecule has 2 bridgehead atoms. The van der Waals surface area contributed by atoms with E-state index in [2.05, 4.69) is 173 Å². The molecule has 0 saturated heterocycles. The monoisotopic (exact) mass is 1520 g/mol. The first kappa shape index (κ1) is 106. The average molecular weight is 1520 g/mol. The zero-order valence-corrected chi connectivity index (χ0v) is 71.1. The highest BCUT2D eigenvalue weighted by Gasteiger charge is 2.72. The number of hydrogen-bond donors (Lipinski definition) is 0. The van der Waals surface area contributed by atoms with Gasteiger partial charge in [-0.25, -0.2) is 0 Å². The Hall–Kier alpha value is -1.26. The third kappa shape index (κ3) is 38.0. The summed E-state index contributed by atoms with van der Waals surface area (Å²) < 4.78 is 228. The molecule has 0 N–H and O–H groups in total. The molecule has 3 unspecified atom stereocenters. The summed E-state index contributed by atoms with van der Waals surface area (Å²) in [6.07, 6.45) is -9.68. The second kappa shape index (κ2) is 42.4. The van der Waals surface area contributed by atoms with Crippen LogP contribution >= 0.6 is 0 Å². The van der Waals surface area contributed by atoms with Crippen LogP contribution in [-0.4, -0.2) is 37.1 Å². The Bertz CT molecular complexity index is 2130. The van der Waals surface area contributed by atoms with E-state index in [0.29, 0.717) is 45.8 Å². The summed E-state index contributed by atoms with van der Waals surface area (Å²) in [5.74, 6) is 3.07. The molecule has 0 radical (unpaired) electrons. The fourth-order valence-corrected chi connectivity index (χ4v) is 14.9. The summed E-state index contributed by atoms with van der Waals surface area (Å²) in [7, 11) is 0. The van der Waals surface area contributed by atoms with E-state index >= 15 is 0 Å². The van der Waals surface area contributed by atoms with Gasteiger partial charge in [-0.3, -0.25) is 0 Å². The van der Waals surface area contributed by atoms with E-state index in [0.717, 1.165) is 86.9 Å². The summed E-state index contributed by atoms with van der Waals surface area (Å²) in [6, 6.07) is 0. The van der Waals surface area contributed by atoms with Crippen molar-refractivity contribution in [3.8, 4) is 0 Å². The Balaban J connectivity index is -0.00000111. The molecular weight excluding hydrogens is 1360 g/mol. The Kier molecular flexibility index (Phi) is 43.6. The fourth-order valence-electron chi connectivity index (χ4n) is 14.9. The molecule has 8 saturated carbocycles. The van der Waals surface area contributed by atoms with Crippen LogP contribution in [0.25, 0.3) is 0 Å². The molecule has 0 aromatic carbocycles. The number of hydrogen-bond acceptors (Lipinski definition) is 0. The minimum absolute atomic E-state index is 0.0149. The summed E-state index contributed by atoms with van der Waals surface area (Å²) >= 11 is 0. The van der Waals surface area contributed by atoms with Gasteiger partial charge in [0.1, 0.15) is 0 Å². The highest BCUT2D eigenvalue weighted by atomic mass is 19.4. The quantitative estimate of drug-likeness (QED) is 0.247. The molecule has 8 rings (SSSR count). The number of alkyl halides is 18. The van der Waals surface area contributed by atoms with Crippen molar-refractivity contribution < 1.29 is 79.0 Å². The largest absolute Gasteiger partial charge is 0.403 e. The average Bonchev–Trinajstić information content (AvgIpc) is 0.746. The molecule has 0 aromatic rings. The lowest BCUT2D eigenvalue weighted by atomic mass is 9.57. The van der Waals surface area contributed by atoms with E-state index in [1.54, 1.807) is 20.8 Å². The van der Waals surface area contributed by atoms with Gasteiger partial charge < -0.3 is 0 Å². The highest BCUT2D eigenvalue weighted by Crippen LogP contribution is 2.64. The van der Waals surface area contributed by atoms with Crippen LogP contribution in [0.4, 0.5) is 79.0 Å². The molecule has 0 aliphatic heterocycles. The van der Waals surface area contributed by atoms with Crippen LogP contribution in [0.15, 0.2) is 0 Å². The van der Waals surface area contributed by atoms with Crippen LogP contribution in [0.3, 0.4) is 0 Å². The van der Waals surface area contributed by atoms with E-state index in [-0.39, 0.29) is 54.8 Å². The standard InChI is InChI=1S/C14H20F6.C10H18.C9H12F6.2C9H15F3.C9H20.2C7H16.C6H14.C5H12/c1-10-2-4-11(5-3-10)6-8-12(9-7-11,13(15,16)17)14(18,19)20;1-8-7-9-3-5-10(8,2)6-4-9;1-6-2-4-7(5-3-6,8(10,11)12)9(13,14)15;1-7-5-3-4-6-8(7,2)9(10,11)12;1-6-4-3-5-8(7(6)2)9(10,11)12;1-6-8(7-2)9(3,4)5;1-6(2)7(3,4)5;1-5-6-7(2,3)4;1-5-6(2,3)4;1-5(2,3)4/h10H,2-9H2,1H3;8-9H,3-7H2,1-2H3;6H,2-5H2,1H3;7H,3-6H2,1-2H3;6-8H,3-5H2,1-2H3;8H,6-7H2,1-5H3;6H,1-5H3;5-6H2,1-4H3;5H2,1-4H3;1-4H3/t;8-,9?,10?;;7-,8?;6?,7-,8?;;;;;/m.0.11...../s1. The Morgan fingerprint density at radius 3 is 0.951 bits per heavy atom. The van der Waals surface area contributed by atoms with Gasteiger partial charge in [0.2, 0.25) is 0 Å². The molecule has 18 heteroatoms. The van der Waals surface area contributed by atoms with Gasteiger partial charge in [-0.05, 0) is 213 Å². The van der Waals surface area contributed by atoms with E-state index in [1.165, 1.54) is 71.1 Å². The van der Waals surface area contributed by atoms with Gasteiger partial charge >= 0.3 is 37.1 Å². The molecule has 103 heavy (non-hydrogen) atoms. The van der Waals surface area contributed by atoms with Crippen LogP contribution < -0.4 is 0 Å². The summed E-state index contributed by atoms with van der Waals surface area (Å²) in [5.41, 5.74) is -5.29. The van der Waals surface area contributed by atoms with Gasteiger partial charge in [0.15, 0.2) is 10.8 Å². The molecule has 8 aliphatic rings. The van der Waals surface area contributed by atoms with E-state index in [9.17, 15) is 79.0 Å². The van der Waals surface area contributed by atoms with Crippen LogP contribution in [0.5, 0.6) is 0 Å². The van der Waals surface area contributed by atoms with Crippen molar-refractivity contribution in [2.45, 2.75) is 431 Å². The summed E-state index contributed by atoms with van der Waals surface area (Å²) in [6.45, 7) is 65.0. The van der Waals surface area contributed by atoms with Crippen LogP contribution in [-0.2, 0) is 0 Å². The molecule has 0 nitrogen and oxygen atoms in total. The molecule has 624 valence electrons. The fraction of sp³-hybridized carbons (Fsp3) is 1.00. The lowest BCUT2D eigenvalue weighted by molar-refractivity contribution is -0.354. The van der Waals surface area contributed by atoms with Crippen molar-refractivity contribution >= 4 is 0 Å². The van der Waals surface area contributed by atoms with Gasteiger partial charge in [-0.15, -0.1) is 0 Å². The zero-order chi connectivity index (χ0) is 82.3. The molecular formula is C85H158F18. The maximum absolute atomic E-state index is 13.0. The van der Waals surface area contributed by atoms with Crippen LogP contribution in [0.1, 0.15) is 394 Å². The van der Waals surface area contributed by atoms with Crippen molar-refractivity contribution in [3.63, 3.8) is 0 Å². The number of halogens is 18. The van der Waals surface area contributed by atoms with Gasteiger partial charge in [0.25, 0.3) is 0 Å². The lowest BCUT2D eigenvalue weighted by Gasteiger charge is -2.49. The minimum atomic E-state index is -5.20. The summed E-state index contributed by atoms with van der Waals surface area (Å²) in [5, 5.41) is 0. The Morgan fingerprint density at radius 1 is 0.379 bits per heavy atom. The normalized spacial score (nSPS) is 27.1. The minimum Gasteiger partial charge on any atom is -0.171 e. The van der Waals surface area contributed by atoms with E-state index in [4.69, 9.17) is 0 Å². The van der Waals surface area contributed by atoms with Crippen molar-refractivity contribution in [2.24, 2.45) is 113 Å². The number of fused-ring (bicyclic) bond motifs is 3. The molecule has 0 aromatic heterocycles. The summed E-state index contributed by atoms with van der Waals surface area (Å²) in [4.78, 5) is 0. The predicted molar refractivity (Wildman–Crippen MR) is 400 cm³/mol. The Labute approximate surface area is 620 Å². The van der Waals surface area contributed by atoms with Gasteiger partial charge in [0.05, 0.1) is 11.3 Å². The molecule has 8 aliphatic carbocycles.